The van der Waals surface area contributed by atoms with E-state index in [-0.39, 0.29) is 11.7 Å². The number of nitrogen functional groups attached to an aromatic ring is 1. The standard InChI is InChI=1S/C15H15ClFN3O/c1-20(9-10-2-5-12(17)6-3-10)15(21)13-8-11(16)4-7-14(13)19-18/h2-8,19H,9,18H2,1H3. The average molecular weight is 308 g/mol. The summed E-state index contributed by atoms with van der Waals surface area (Å²) < 4.78 is 12.9. The number of hydrazine groups is 1. The summed E-state index contributed by atoms with van der Waals surface area (Å²) in [6, 6.07) is 10.8. The van der Waals surface area contributed by atoms with Crippen LogP contribution in [-0.2, 0) is 6.54 Å². The van der Waals surface area contributed by atoms with Gasteiger partial charge in [0.2, 0.25) is 0 Å². The SMILES string of the molecule is CN(Cc1ccc(F)cc1)C(=O)c1cc(Cl)ccc1NN. The van der Waals surface area contributed by atoms with Crippen molar-refractivity contribution in [1.29, 1.82) is 0 Å². The molecule has 0 aliphatic heterocycles. The highest BCUT2D eigenvalue weighted by Crippen LogP contribution is 2.21. The maximum absolute atomic E-state index is 12.9. The summed E-state index contributed by atoms with van der Waals surface area (Å²) in [4.78, 5) is 14.0. The van der Waals surface area contributed by atoms with Gasteiger partial charge in [-0.3, -0.25) is 10.6 Å². The minimum Gasteiger partial charge on any atom is -0.337 e. The zero-order valence-corrected chi connectivity index (χ0v) is 12.2. The number of hydrogen-bond donors (Lipinski definition) is 2. The molecule has 0 fully saturated rings. The number of benzene rings is 2. The number of rotatable bonds is 4. The Morgan fingerprint density at radius 1 is 1.29 bits per heavy atom. The van der Waals surface area contributed by atoms with E-state index in [1.54, 1.807) is 37.4 Å². The molecule has 2 rings (SSSR count). The molecule has 3 N–H and O–H groups in total. The van der Waals surface area contributed by atoms with Crippen LogP contribution in [0.3, 0.4) is 0 Å². The minimum absolute atomic E-state index is 0.227. The topological polar surface area (TPSA) is 58.4 Å². The van der Waals surface area contributed by atoms with Crippen LogP contribution in [0.25, 0.3) is 0 Å². The van der Waals surface area contributed by atoms with Crippen molar-refractivity contribution in [2.45, 2.75) is 6.54 Å². The summed E-state index contributed by atoms with van der Waals surface area (Å²) in [5, 5.41) is 0.451. The van der Waals surface area contributed by atoms with E-state index in [9.17, 15) is 9.18 Å². The molecule has 0 aliphatic carbocycles. The number of nitrogens with zero attached hydrogens (tertiary/aromatic N) is 1. The van der Waals surface area contributed by atoms with Gasteiger partial charge in [-0.15, -0.1) is 0 Å². The van der Waals surface area contributed by atoms with Crippen molar-refractivity contribution in [3.8, 4) is 0 Å². The van der Waals surface area contributed by atoms with Gasteiger partial charge in [0, 0.05) is 18.6 Å². The van der Waals surface area contributed by atoms with Gasteiger partial charge in [0.1, 0.15) is 5.82 Å². The molecule has 0 saturated heterocycles. The van der Waals surface area contributed by atoms with E-state index in [2.05, 4.69) is 5.43 Å². The molecule has 0 saturated carbocycles. The molecule has 0 spiro atoms. The molecule has 1 amide bonds. The van der Waals surface area contributed by atoms with Crippen LogP contribution in [0.4, 0.5) is 10.1 Å². The van der Waals surface area contributed by atoms with Gasteiger partial charge in [-0.25, -0.2) is 4.39 Å². The van der Waals surface area contributed by atoms with E-state index in [4.69, 9.17) is 17.4 Å². The Morgan fingerprint density at radius 2 is 1.95 bits per heavy atom. The van der Waals surface area contributed by atoms with E-state index < -0.39 is 0 Å². The third kappa shape index (κ3) is 3.71. The lowest BCUT2D eigenvalue weighted by atomic mass is 10.1. The lowest BCUT2D eigenvalue weighted by molar-refractivity contribution is 0.0786. The van der Waals surface area contributed by atoms with Gasteiger partial charge >= 0.3 is 0 Å². The molecule has 0 radical (unpaired) electrons. The second kappa shape index (κ2) is 6.56. The highest BCUT2D eigenvalue weighted by Gasteiger charge is 2.16. The Bertz CT molecular complexity index is 646. The van der Waals surface area contributed by atoms with Crippen LogP contribution in [-0.4, -0.2) is 17.9 Å². The molecule has 0 aromatic heterocycles. The van der Waals surface area contributed by atoms with Gasteiger partial charge in [-0.2, -0.15) is 0 Å². The quantitative estimate of drug-likeness (QED) is 0.674. The number of amides is 1. The molecule has 2 aromatic carbocycles. The molecule has 0 unspecified atom stereocenters. The van der Waals surface area contributed by atoms with Crippen molar-refractivity contribution in [3.63, 3.8) is 0 Å². The van der Waals surface area contributed by atoms with Crippen LogP contribution < -0.4 is 11.3 Å². The second-order valence-electron chi connectivity index (χ2n) is 4.62. The Balaban J connectivity index is 2.19. The van der Waals surface area contributed by atoms with Gasteiger partial charge < -0.3 is 10.3 Å². The molecule has 4 nitrogen and oxygen atoms in total. The zero-order valence-electron chi connectivity index (χ0n) is 11.4. The van der Waals surface area contributed by atoms with Crippen molar-refractivity contribution >= 4 is 23.2 Å². The summed E-state index contributed by atoms with van der Waals surface area (Å²) in [5.41, 5.74) is 4.18. The number of halogens is 2. The van der Waals surface area contributed by atoms with E-state index in [1.807, 2.05) is 0 Å². The van der Waals surface area contributed by atoms with Crippen LogP contribution in [0.1, 0.15) is 15.9 Å². The van der Waals surface area contributed by atoms with Gasteiger partial charge in [0.25, 0.3) is 5.91 Å². The molecular formula is C15H15ClFN3O. The summed E-state index contributed by atoms with van der Waals surface area (Å²) in [7, 11) is 1.66. The first kappa shape index (κ1) is 15.3. The minimum atomic E-state index is -0.308. The fourth-order valence-corrected chi connectivity index (χ4v) is 2.13. The number of nitrogens with one attached hydrogen (secondary N) is 1. The molecule has 110 valence electrons. The number of anilines is 1. The van der Waals surface area contributed by atoms with Crippen molar-refractivity contribution in [3.05, 3.63) is 64.4 Å². The van der Waals surface area contributed by atoms with Gasteiger partial charge in [-0.1, -0.05) is 23.7 Å². The molecule has 6 heteroatoms. The van der Waals surface area contributed by atoms with Gasteiger partial charge in [-0.05, 0) is 35.9 Å². The monoisotopic (exact) mass is 307 g/mol. The first-order chi connectivity index (χ1) is 10.0. The predicted molar refractivity (Wildman–Crippen MR) is 81.5 cm³/mol. The molecular weight excluding hydrogens is 293 g/mol. The Morgan fingerprint density at radius 3 is 2.57 bits per heavy atom. The highest BCUT2D eigenvalue weighted by atomic mass is 35.5. The Kier molecular flexibility index (Phi) is 4.77. The van der Waals surface area contributed by atoms with Crippen LogP contribution in [0.15, 0.2) is 42.5 Å². The first-order valence-corrected chi connectivity index (χ1v) is 6.65. The largest absolute Gasteiger partial charge is 0.337 e. The van der Waals surface area contributed by atoms with E-state index >= 15 is 0 Å². The molecule has 21 heavy (non-hydrogen) atoms. The van der Waals surface area contributed by atoms with E-state index in [0.717, 1.165) is 5.56 Å². The molecule has 0 atom stereocenters. The van der Waals surface area contributed by atoms with Crippen LogP contribution in [0.5, 0.6) is 0 Å². The van der Waals surface area contributed by atoms with Crippen LogP contribution in [0.2, 0.25) is 5.02 Å². The van der Waals surface area contributed by atoms with Gasteiger partial charge in [0.15, 0.2) is 0 Å². The van der Waals surface area contributed by atoms with E-state index in [0.29, 0.717) is 22.8 Å². The fraction of sp³-hybridized carbons (Fsp3) is 0.133. The zero-order chi connectivity index (χ0) is 15.4. The number of nitrogens with two attached hydrogens (primary N) is 1. The fourth-order valence-electron chi connectivity index (χ4n) is 1.96. The third-order valence-electron chi connectivity index (χ3n) is 3.05. The summed E-state index contributed by atoms with van der Waals surface area (Å²) >= 11 is 5.92. The highest BCUT2D eigenvalue weighted by molar-refractivity contribution is 6.31. The lowest BCUT2D eigenvalue weighted by Gasteiger charge is -2.19. The Labute approximate surface area is 127 Å². The van der Waals surface area contributed by atoms with Crippen molar-refractivity contribution in [2.75, 3.05) is 12.5 Å². The van der Waals surface area contributed by atoms with Crippen molar-refractivity contribution in [1.82, 2.24) is 4.90 Å². The third-order valence-corrected chi connectivity index (χ3v) is 3.28. The molecule has 2 aromatic rings. The first-order valence-electron chi connectivity index (χ1n) is 6.27. The summed E-state index contributed by atoms with van der Waals surface area (Å²) in [5.74, 6) is 4.87. The molecule has 0 aliphatic rings. The normalized spacial score (nSPS) is 10.3. The molecule has 0 heterocycles. The number of hydrogen-bond acceptors (Lipinski definition) is 3. The lowest BCUT2D eigenvalue weighted by Crippen LogP contribution is -2.27. The van der Waals surface area contributed by atoms with Crippen molar-refractivity contribution in [2.24, 2.45) is 5.84 Å². The Hall–Kier alpha value is -2.11. The maximum Gasteiger partial charge on any atom is 0.256 e. The van der Waals surface area contributed by atoms with Gasteiger partial charge in [0.05, 0.1) is 11.3 Å². The summed E-state index contributed by atoms with van der Waals surface area (Å²) in [6.07, 6.45) is 0. The number of carbonyl (C=O) groups is 1. The van der Waals surface area contributed by atoms with Crippen LogP contribution in [0, 0.1) is 5.82 Å². The predicted octanol–water partition coefficient (Wildman–Crippen LogP) is 3.04. The van der Waals surface area contributed by atoms with Crippen molar-refractivity contribution < 1.29 is 9.18 Å². The second-order valence-corrected chi connectivity index (χ2v) is 5.06. The number of carbonyl (C=O) groups excluding carboxylic acids is 1. The molecule has 0 bridgehead atoms. The average Bonchev–Trinajstić information content (AvgIpc) is 2.48. The summed E-state index contributed by atoms with van der Waals surface area (Å²) in [6.45, 7) is 0.357. The van der Waals surface area contributed by atoms with E-state index in [1.165, 1.54) is 17.0 Å². The smallest absolute Gasteiger partial charge is 0.256 e. The van der Waals surface area contributed by atoms with Crippen LogP contribution >= 0.6 is 11.6 Å². The maximum atomic E-state index is 12.9.